The lowest BCUT2D eigenvalue weighted by atomic mass is 10.1. The highest BCUT2D eigenvalue weighted by atomic mass is 16.5. The van der Waals surface area contributed by atoms with Gasteiger partial charge in [0.25, 0.3) is 5.91 Å². The fourth-order valence-electron chi connectivity index (χ4n) is 2.68. The summed E-state index contributed by atoms with van der Waals surface area (Å²) in [6.45, 7) is 4.34. The van der Waals surface area contributed by atoms with Crippen LogP contribution >= 0.6 is 0 Å². The minimum atomic E-state index is -0.524. The van der Waals surface area contributed by atoms with Crippen molar-refractivity contribution >= 4 is 17.6 Å². The van der Waals surface area contributed by atoms with Crippen molar-refractivity contribution in [1.29, 1.82) is 0 Å². The molecule has 0 heterocycles. The summed E-state index contributed by atoms with van der Waals surface area (Å²) in [6.07, 6.45) is 0.0100. The van der Waals surface area contributed by atoms with Gasteiger partial charge in [-0.2, -0.15) is 0 Å². The topological polar surface area (TPSA) is 92.3 Å². The zero-order valence-corrected chi connectivity index (χ0v) is 17.7. The van der Waals surface area contributed by atoms with E-state index < -0.39 is 18.5 Å². The van der Waals surface area contributed by atoms with Crippen LogP contribution in [-0.4, -0.2) is 45.9 Å². The molecule has 8 nitrogen and oxygen atoms in total. The minimum Gasteiger partial charge on any atom is -0.493 e. The molecule has 0 aliphatic rings. The first-order valence-corrected chi connectivity index (χ1v) is 9.56. The summed E-state index contributed by atoms with van der Waals surface area (Å²) in [5.74, 6) is 1.22. The molecule has 0 unspecified atom stereocenters. The van der Waals surface area contributed by atoms with Gasteiger partial charge in [0.2, 0.25) is 0 Å². The Morgan fingerprint density at radius 1 is 0.833 bits per heavy atom. The molecule has 0 atom stereocenters. The van der Waals surface area contributed by atoms with E-state index in [0.717, 1.165) is 0 Å². The fraction of sp³-hybridized carbons (Fsp3) is 0.364. The van der Waals surface area contributed by atoms with Crippen LogP contribution in [0.1, 0.15) is 19.4 Å². The van der Waals surface area contributed by atoms with Gasteiger partial charge in [0, 0.05) is 11.8 Å². The van der Waals surface area contributed by atoms with Crippen molar-refractivity contribution < 1.29 is 33.3 Å². The molecular weight excluding hydrogens is 390 g/mol. The van der Waals surface area contributed by atoms with E-state index in [1.165, 1.54) is 14.2 Å². The van der Waals surface area contributed by atoms with Gasteiger partial charge in [0.1, 0.15) is 0 Å². The van der Waals surface area contributed by atoms with Crippen LogP contribution in [0.2, 0.25) is 0 Å². The molecule has 162 valence electrons. The van der Waals surface area contributed by atoms with E-state index in [1.54, 1.807) is 36.4 Å². The van der Waals surface area contributed by atoms with Crippen LogP contribution in [0.15, 0.2) is 36.4 Å². The maximum Gasteiger partial charge on any atom is 0.310 e. The number of hydrogen-bond acceptors (Lipinski definition) is 7. The van der Waals surface area contributed by atoms with E-state index in [1.807, 2.05) is 13.8 Å². The van der Waals surface area contributed by atoms with E-state index in [2.05, 4.69) is 5.32 Å². The van der Waals surface area contributed by atoms with Gasteiger partial charge in [-0.15, -0.1) is 0 Å². The first-order valence-electron chi connectivity index (χ1n) is 9.56. The first-order chi connectivity index (χ1) is 14.5. The second kappa shape index (κ2) is 11.5. The molecule has 30 heavy (non-hydrogen) atoms. The van der Waals surface area contributed by atoms with E-state index in [0.29, 0.717) is 47.5 Å². The number of anilines is 1. The molecule has 2 aromatic carbocycles. The lowest BCUT2D eigenvalue weighted by molar-refractivity contribution is -0.146. The Hall–Kier alpha value is -3.42. The molecule has 1 N–H and O–H groups in total. The normalized spacial score (nSPS) is 10.1. The number of carbonyl (C=O) groups excluding carboxylic acids is 2. The summed E-state index contributed by atoms with van der Waals surface area (Å²) in [4.78, 5) is 24.2. The van der Waals surface area contributed by atoms with Crippen LogP contribution in [0.25, 0.3) is 0 Å². The second-order valence-corrected chi connectivity index (χ2v) is 6.10. The zero-order valence-electron chi connectivity index (χ0n) is 17.7. The summed E-state index contributed by atoms with van der Waals surface area (Å²) in [7, 11) is 3.03. The third kappa shape index (κ3) is 6.58. The summed E-state index contributed by atoms with van der Waals surface area (Å²) < 4.78 is 26.5. The van der Waals surface area contributed by atoms with Crippen molar-refractivity contribution in [1.82, 2.24) is 0 Å². The Kier molecular flexibility index (Phi) is 8.80. The lowest BCUT2D eigenvalue weighted by Gasteiger charge is -2.12. The molecule has 1 amide bonds. The van der Waals surface area contributed by atoms with E-state index in [4.69, 9.17) is 23.7 Å². The largest absolute Gasteiger partial charge is 0.493 e. The van der Waals surface area contributed by atoms with Crippen LogP contribution in [0, 0.1) is 0 Å². The monoisotopic (exact) mass is 417 g/mol. The Bertz CT molecular complexity index is 867. The van der Waals surface area contributed by atoms with Crippen molar-refractivity contribution in [3.05, 3.63) is 42.0 Å². The molecule has 0 saturated heterocycles. The van der Waals surface area contributed by atoms with Gasteiger partial charge in [-0.25, -0.2) is 0 Å². The van der Waals surface area contributed by atoms with Gasteiger partial charge in [-0.3, -0.25) is 9.59 Å². The second-order valence-electron chi connectivity index (χ2n) is 6.10. The highest BCUT2D eigenvalue weighted by molar-refractivity contribution is 5.93. The number of rotatable bonds is 11. The van der Waals surface area contributed by atoms with E-state index in [-0.39, 0.29) is 6.42 Å². The molecule has 0 saturated carbocycles. The van der Waals surface area contributed by atoms with Gasteiger partial charge in [-0.05, 0) is 43.7 Å². The highest BCUT2D eigenvalue weighted by Crippen LogP contribution is 2.30. The van der Waals surface area contributed by atoms with Crippen molar-refractivity contribution in [2.24, 2.45) is 0 Å². The number of esters is 1. The van der Waals surface area contributed by atoms with Crippen molar-refractivity contribution in [3.63, 3.8) is 0 Å². The smallest absolute Gasteiger partial charge is 0.310 e. The molecule has 0 aliphatic heterocycles. The lowest BCUT2D eigenvalue weighted by Crippen LogP contribution is -2.21. The van der Waals surface area contributed by atoms with Crippen LogP contribution in [0.4, 0.5) is 5.69 Å². The van der Waals surface area contributed by atoms with Crippen LogP contribution in [0.5, 0.6) is 23.0 Å². The summed E-state index contributed by atoms with van der Waals surface area (Å²) >= 11 is 0. The molecule has 0 radical (unpaired) electrons. The van der Waals surface area contributed by atoms with E-state index in [9.17, 15) is 9.59 Å². The number of carbonyl (C=O) groups is 2. The standard InChI is InChI=1S/C22H27NO7/c1-5-28-18-9-7-15(11-20(18)29-6-2)12-22(25)30-14-21(24)23-16-8-10-17(26-3)19(13-16)27-4/h7-11,13H,5-6,12,14H2,1-4H3,(H,23,24). The molecule has 2 aromatic rings. The first kappa shape index (κ1) is 22.9. The molecule has 0 bridgehead atoms. The highest BCUT2D eigenvalue weighted by Gasteiger charge is 2.13. The Labute approximate surface area is 176 Å². The minimum absolute atomic E-state index is 0.0100. The summed E-state index contributed by atoms with van der Waals surface area (Å²) in [5.41, 5.74) is 1.20. The maximum atomic E-state index is 12.1. The van der Waals surface area contributed by atoms with Crippen molar-refractivity contribution in [2.45, 2.75) is 20.3 Å². The van der Waals surface area contributed by atoms with Gasteiger partial charge in [-0.1, -0.05) is 6.07 Å². The van der Waals surface area contributed by atoms with Gasteiger partial charge in [0.05, 0.1) is 33.9 Å². The predicted octanol–water partition coefficient (Wildman–Crippen LogP) is 3.23. The van der Waals surface area contributed by atoms with Gasteiger partial charge < -0.3 is 29.0 Å². The summed E-state index contributed by atoms with van der Waals surface area (Å²) in [5, 5.41) is 2.65. The SMILES string of the molecule is CCOc1ccc(CC(=O)OCC(=O)Nc2ccc(OC)c(OC)c2)cc1OCC. The maximum absolute atomic E-state index is 12.1. The molecule has 0 spiro atoms. The zero-order chi connectivity index (χ0) is 21.9. The fourth-order valence-corrected chi connectivity index (χ4v) is 2.68. The average molecular weight is 417 g/mol. The Morgan fingerprint density at radius 2 is 1.50 bits per heavy atom. The number of ether oxygens (including phenoxy) is 5. The third-order valence-corrected chi connectivity index (χ3v) is 3.99. The van der Waals surface area contributed by atoms with Crippen LogP contribution in [-0.2, 0) is 20.7 Å². The van der Waals surface area contributed by atoms with Crippen LogP contribution in [0.3, 0.4) is 0 Å². The number of amides is 1. The number of benzene rings is 2. The molecule has 0 fully saturated rings. The number of nitrogens with one attached hydrogen (secondary N) is 1. The molecule has 0 aliphatic carbocycles. The van der Waals surface area contributed by atoms with Gasteiger partial charge in [0.15, 0.2) is 29.6 Å². The van der Waals surface area contributed by atoms with Crippen molar-refractivity contribution in [3.8, 4) is 23.0 Å². The van der Waals surface area contributed by atoms with Crippen LogP contribution < -0.4 is 24.3 Å². The Morgan fingerprint density at radius 3 is 2.17 bits per heavy atom. The van der Waals surface area contributed by atoms with Gasteiger partial charge >= 0.3 is 5.97 Å². The van der Waals surface area contributed by atoms with Crippen molar-refractivity contribution in [2.75, 3.05) is 39.4 Å². The van der Waals surface area contributed by atoms with E-state index >= 15 is 0 Å². The summed E-state index contributed by atoms with van der Waals surface area (Å²) in [6, 6.07) is 10.2. The average Bonchev–Trinajstić information content (AvgIpc) is 2.74. The Balaban J connectivity index is 1.89. The number of methoxy groups -OCH3 is 2. The molecular formula is C22H27NO7. The molecule has 2 rings (SSSR count). The quantitative estimate of drug-likeness (QED) is 0.561. The molecule has 8 heteroatoms. The predicted molar refractivity (Wildman–Crippen MR) is 112 cm³/mol. The third-order valence-electron chi connectivity index (χ3n) is 3.99. The number of hydrogen-bond donors (Lipinski definition) is 1. The molecule has 0 aromatic heterocycles.